The summed E-state index contributed by atoms with van der Waals surface area (Å²) >= 11 is 0. The van der Waals surface area contributed by atoms with Gasteiger partial charge in [-0.2, -0.15) is 5.10 Å². The van der Waals surface area contributed by atoms with Crippen LogP contribution in [0.5, 0.6) is 5.75 Å². The van der Waals surface area contributed by atoms with Gasteiger partial charge in [0.1, 0.15) is 17.6 Å². The maximum absolute atomic E-state index is 12.3. The fourth-order valence-electron chi connectivity index (χ4n) is 3.46. The summed E-state index contributed by atoms with van der Waals surface area (Å²) in [6.45, 7) is 3.49. The highest BCUT2D eigenvalue weighted by molar-refractivity contribution is 5.94. The standard InChI is InChI=1S/C22H24N4O2/c1-15(16-7-4-3-5-8-16)13-23-21-14-24-22(27)20-12-19(25-26(20)21)17-9-6-10-18(11-17)28-2/h3-12,15,21,23H,13-14H2,1-2H3,(H,24,27)/t15-,21+/m1/s1. The number of benzene rings is 2. The number of carbonyl (C=O) groups excluding carboxylic acids is 1. The van der Waals surface area contributed by atoms with Gasteiger partial charge in [0.05, 0.1) is 19.3 Å². The molecule has 1 aliphatic rings. The van der Waals surface area contributed by atoms with Crippen molar-refractivity contribution < 1.29 is 9.53 Å². The molecule has 1 aromatic heterocycles. The van der Waals surface area contributed by atoms with Crippen LogP contribution in [0.25, 0.3) is 11.3 Å². The molecule has 2 atom stereocenters. The third-order valence-electron chi connectivity index (χ3n) is 5.11. The van der Waals surface area contributed by atoms with E-state index in [1.54, 1.807) is 11.8 Å². The van der Waals surface area contributed by atoms with E-state index in [0.29, 0.717) is 18.2 Å². The summed E-state index contributed by atoms with van der Waals surface area (Å²) in [6.07, 6.45) is -0.0850. The summed E-state index contributed by atoms with van der Waals surface area (Å²) in [5.41, 5.74) is 3.53. The van der Waals surface area contributed by atoms with Crippen LogP contribution < -0.4 is 15.4 Å². The summed E-state index contributed by atoms with van der Waals surface area (Å²) < 4.78 is 7.10. The Morgan fingerprint density at radius 3 is 2.82 bits per heavy atom. The van der Waals surface area contributed by atoms with Gasteiger partial charge < -0.3 is 10.1 Å². The predicted octanol–water partition coefficient (Wildman–Crippen LogP) is 3.19. The quantitative estimate of drug-likeness (QED) is 0.693. The number of methoxy groups -OCH3 is 1. The number of nitrogens with zero attached hydrogens (tertiary/aromatic N) is 2. The Kier molecular flexibility index (Phi) is 5.12. The van der Waals surface area contributed by atoms with Gasteiger partial charge in [-0.15, -0.1) is 0 Å². The van der Waals surface area contributed by atoms with Gasteiger partial charge in [-0.3, -0.25) is 10.1 Å². The van der Waals surface area contributed by atoms with Crippen LogP contribution in [-0.2, 0) is 0 Å². The first-order valence-electron chi connectivity index (χ1n) is 9.46. The smallest absolute Gasteiger partial charge is 0.269 e. The molecule has 0 spiro atoms. The third-order valence-corrected chi connectivity index (χ3v) is 5.11. The largest absolute Gasteiger partial charge is 0.497 e. The minimum atomic E-state index is -0.101. The number of ether oxygens (including phenoxy) is 1. The molecule has 144 valence electrons. The highest BCUT2D eigenvalue weighted by atomic mass is 16.5. The molecule has 2 N–H and O–H groups in total. The van der Waals surface area contributed by atoms with Gasteiger partial charge in [-0.25, -0.2) is 4.68 Å². The van der Waals surface area contributed by atoms with Crippen LogP contribution in [-0.4, -0.2) is 35.9 Å². The van der Waals surface area contributed by atoms with Crippen LogP contribution in [0.4, 0.5) is 0 Å². The second kappa shape index (κ2) is 7.86. The van der Waals surface area contributed by atoms with Crippen LogP contribution in [0.15, 0.2) is 60.7 Å². The Bertz CT molecular complexity index is 968. The van der Waals surface area contributed by atoms with Gasteiger partial charge in [0.15, 0.2) is 0 Å². The van der Waals surface area contributed by atoms with Crippen LogP contribution >= 0.6 is 0 Å². The van der Waals surface area contributed by atoms with E-state index < -0.39 is 0 Å². The van der Waals surface area contributed by atoms with Crippen LogP contribution in [0.3, 0.4) is 0 Å². The molecule has 0 unspecified atom stereocenters. The van der Waals surface area contributed by atoms with Crippen molar-refractivity contribution in [1.82, 2.24) is 20.4 Å². The molecular weight excluding hydrogens is 352 g/mol. The molecule has 0 radical (unpaired) electrons. The number of amides is 1. The zero-order valence-electron chi connectivity index (χ0n) is 16.1. The molecule has 0 fully saturated rings. The van der Waals surface area contributed by atoms with E-state index in [2.05, 4.69) is 41.8 Å². The van der Waals surface area contributed by atoms with E-state index in [-0.39, 0.29) is 12.1 Å². The summed E-state index contributed by atoms with van der Waals surface area (Å²) in [4.78, 5) is 12.3. The monoisotopic (exact) mass is 376 g/mol. The van der Waals surface area contributed by atoms with Gasteiger partial charge in [-0.1, -0.05) is 49.4 Å². The van der Waals surface area contributed by atoms with Gasteiger partial charge in [0, 0.05) is 12.1 Å². The van der Waals surface area contributed by atoms with Crippen LogP contribution in [0.2, 0.25) is 0 Å². The van der Waals surface area contributed by atoms with Crippen LogP contribution in [0, 0.1) is 0 Å². The molecule has 0 aliphatic carbocycles. The molecule has 4 rings (SSSR count). The lowest BCUT2D eigenvalue weighted by Gasteiger charge is -2.27. The average molecular weight is 376 g/mol. The molecule has 2 heterocycles. The van der Waals surface area contributed by atoms with E-state index in [1.165, 1.54) is 5.56 Å². The number of hydrogen-bond donors (Lipinski definition) is 2. The Hall–Kier alpha value is -3.12. The maximum atomic E-state index is 12.3. The van der Waals surface area contributed by atoms with E-state index in [4.69, 9.17) is 9.84 Å². The molecule has 1 amide bonds. The molecule has 3 aromatic rings. The molecule has 0 saturated heterocycles. The third kappa shape index (κ3) is 3.64. The van der Waals surface area contributed by atoms with E-state index in [0.717, 1.165) is 23.6 Å². The average Bonchev–Trinajstić information content (AvgIpc) is 3.20. The molecule has 0 saturated carbocycles. The zero-order chi connectivity index (χ0) is 19.5. The molecular formula is C22H24N4O2. The first kappa shape index (κ1) is 18.3. The molecule has 28 heavy (non-hydrogen) atoms. The van der Waals surface area contributed by atoms with Crippen LogP contribution in [0.1, 0.15) is 35.1 Å². The first-order chi connectivity index (χ1) is 13.7. The van der Waals surface area contributed by atoms with Crippen molar-refractivity contribution in [1.29, 1.82) is 0 Å². The molecule has 1 aliphatic heterocycles. The van der Waals surface area contributed by atoms with Crippen molar-refractivity contribution >= 4 is 5.91 Å². The van der Waals surface area contributed by atoms with Gasteiger partial charge in [0.25, 0.3) is 5.91 Å². The van der Waals surface area contributed by atoms with Crippen molar-refractivity contribution in [3.8, 4) is 17.0 Å². The Labute approximate surface area is 164 Å². The minimum Gasteiger partial charge on any atom is -0.497 e. The number of nitrogens with one attached hydrogen (secondary N) is 2. The van der Waals surface area contributed by atoms with E-state index in [9.17, 15) is 4.79 Å². The van der Waals surface area contributed by atoms with Gasteiger partial charge >= 0.3 is 0 Å². The Morgan fingerprint density at radius 1 is 1.21 bits per heavy atom. The first-order valence-corrected chi connectivity index (χ1v) is 9.46. The summed E-state index contributed by atoms with van der Waals surface area (Å²) in [5.74, 6) is 1.02. The summed E-state index contributed by atoms with van der Waals surface area (Å²) in [6, 6.07) is 19.9. The lowest BCUT2D eigenvalue weighted by Crippen LogP contribution is -2.46. The second-order valence-electron chi connectivity index (χ2n) is 7.04. The Balaban J connectivity index is 1.55. The number of fused-ring (bicyclic) bond motifs is 1. The van der Waals surface area contributed by atoms with Gasteiger partial charge in [0.2, 0.25) is 0 Å². The van der Waals surface area contributed by atoms with Gasteiger partial charge in [-0.05, 0) is 29.7 Å². The Morgan fingerprint density at radius 2 is 2.04 bits per heavy atom. The number of aromatic nitrogens is 2. The van der Waals surface area contributed by atoms with Crippen molar-refractivity contribution in [2.45, 2.75) is 19.0 Å². The van der Waals surface area contributed by atoms with Crippen molar-refractivity contribution in [2.24, 2.45) is 0 Å². The number of carbonyl (C=O) groups is 1. The molecule has 6 heteroatoms. The van der Waals surface area contributed by atoms with E-state index >= 15 is 0 Å². The van der Waals surface area contributed by atoms with E-state index in [1.807, 2.05) is 36.4 Å². The second-order valence-corrected chi connectivity index (χ2v) is 7.04. The van der Waals surface area contributed by atoms with Crippen molar-refractivity contribution in [3.05, 3.63) is 71.9 Å². The molecule has 0 bridgehead atoms. The molecule has 2 aromatic carbocycles. The fourth-order valence-corrected chi connectivity index (χ4v) is 3.46. The molecule has 6 nitrogen and oxygen atoms in total. The summed E-state index contributed by atoms with van der Waals surface area (Å²) in [5, 5.41) is 11.2. The number of rotatable bonds is 6. The predicted molar refractivity (Wildman–Crippen MR) is 108 cm³/mol. The zero-order valence-corrected chi connectivity index (χ0v) is 16.1. The maximum Gasteiger partial charge on any atom is 0.269 e. The lowest BCUT2D eigenvalue weighted by atomic mass is 10.0. The SMILES string of the molecule is COc1cccc(-c2cc3n(n2)[C@H](NC[C@@H](C)c2ccccc2)CNC3=O)c1. The minimum absolute atomic E-state index is 0.0850. The summed E-state index contributed by atoms with van der Waals surface area (Å²) in [7, 11) is 1.64. The number of hydrogen-bond acceptors (Lipinski definition) is 4. The van der Waals surface area contributed by atoms with Crippen molar-refractivity contribution in [2.75, 3.05) is 20.2 Å². The normalized spacial score (nSPS) is 16.9. The highest BCUT2D eigenvalue weighted by Gasteiger charge is 2.27. The highest BCUT2D eigenvalue weighted by Crippen LogP contribution is 2.26. The fraction of sp³-hybridized carbons (Fsp3) is 0.273. The topological polar surface area (TPSA) is 68.2 Å². The lowest BCUT2D eigenvalue weighted by molar-refractivity contribution is 0.0900. The van der Waals surface area contributed by atoms with Crippen molar-refractivity contribution in [3.63, 3.8) is 0 Å².